The first-order valence-corrected chi connectivity index (χ1v) is 7.22. The molecule has 1 aliphatic heterocycles. The molecule has 1 aliphatic rings. The summed E-state index contributed by atoms with van der Waals surface area (Å²) in [5, 5.41) is 3.53. The quantitative estimate of drug-likeness (QED) is 0.904. The molecule has 1 aromatic carbocycles. The minimum Gasteiger partial charge on any atom is -0.496 e. The van der Waals surface area contributed by atoms with E-state index in [0.29, 0.717) is 6.04 Å². The van der Waals surface area contributed by atoms with E-state index < -0.39 is 0 Å². The minimum absolute atomic E-state index is 0.664. The van der Waals surface area contributed by atoms with Crippen LogP contribution >= 0.6 is 15.9 Å². The molecular weight excluding hydrogens is 292 g/mol. The predicted octanol–water partition coefficient (Wildman–Crippen LogP) is 2.64. The van der Waals surface area contributed by atoms with Gasteiger partial charge in [0.25, 0.3) is 0 Å². The maximum absolute atomic E-state index is 5.24. The van der Waals surface area contributed by atoms with Crippen molar-refractivity contribution in [3.63, 3.8) is 0 Å². The molecule has 1 fully saturated rings. The Hall–Kier alpha value is -0.580. The van der Waals surface area contributed by atoms with Crippen LogP contribution in [-0.2, 0) is 6.54 Å². The molecule has 0 amide bonds. The fourth-order valence-electron chi connectivity index (χ4n) is 2.47. The highest BCUT2D eigenvalue weighted by atomic mass is 79.9. The molecule has 4 heteroatoms. The lowest BCUT2D eigenvalue weighted by Gasteiger charge is -2.21. The summed E-state index contributed by atoms with van der Waals surface area (Å²) in [5.41, 5.74) is 1.31. The molecular formula is C14H21BrN2O. The van der Waals surface area contributed by atoms with Gasteiger partial charge in [-0.05, 0) is 60.1 Å². The van der Waals surface area contributed by atoms with Gasteiger partial charge in [-0.1, -0.05) is 6.07 Å². The highest BCUT2D eigenvalue weighted by molar-refractivity contribution is 9.10. The third-order valence-corrected chi connectivity index (χ3v) is 3.98. The predicted molar refractivity (Wildman–Crippen MR) is 78.1 cm³/mol. The molecule has 1 N–H and O–H groups in total. The van der Waals surface area contributed by atoms with Gasteiger partial charge >= 0.3 is 0 Å². The molecule has 0 bridgehead atoms. The summed E-state index contributed by atoms with van der Waals surface area (Å²) in [6, 6.07) is 6.94. The fourth-order valence-corrected chi connectivity index (χ4v) is 3.06. The molecule has 2 rings (SSSR count). The van der Waals surface area contributed by atoms with E-state index in [9.17, 15) is 0 Å². The number of benzene rings is 1. The molecule has 18 heavy (non-hydrogen) atoms. The fraction of sp³-hybridized carbons (Fsp3) is 0.571. The van der Waals surface area contributed by atoms with Crippen LogP contribution in [0, 0.1) is 0 Å². The van der Waals surface area contributed by atoms with E-state index in [-0.39, 0.29) is 0 Å². The second-order valence-corrected chi connectivity index (χ2v) is 5.81. The van der Waals surface area contributed by atoms with Gasteiger partial charge in [0.05, 0.1) is 11.6 Å². The van der Waals surface area contributed by atoms with Crippen molar-refractivity contribution in [3.8, 4) is 5.75 Å². The normalized spacial score (nSPS) is 19.4. The number of halogens is 1. The Balaban J connectivity index is 1.89. The third-order valence-electron chi connectivity index (χ3n) is 3.36. The number of likely N-dealkylation sites (N-methyl/N-ethyl adjacent to an activating group) is 1. The van der Waals surface area contributed by atoms with E-state index in [1.54, 1.807) is 7.11 Å². The van der Waals surface area contributed by atoms with Crippen molar-refractivity contribution in [1.29, 1.82) is 0 Å². The molecule has 100 valence electrons. The molecule has 0 spiro atoms. The Morgan fingerprint density at radius 2 is 2.33 bits per heavy atom. The number of ether oxygens (including phenoxy) is 1. The summed E-state index contributed by atoms with van der Waals surface area (Å²) < 4.78 is 6.27. The van der Waals surface area contributed by atoms with Crippen LogP contribution in [0.2, 0.25) is 0 Å². The third kappa shape index (κ3) is 3.70. The SMILES string of the molecule is COc1ccc(CN(C)CC2CCCN2)cc1Br. The summed E-state index contributed by atoms with van der Waals surface area (Å²) in [5.74, 6) is 0.888. The Labute approximate surface area is 118 Å². The molecule has 1 saturated heterocycles. The van der Waals surface area contributed by atoms with Crippen LogP contribution in [0.5, 0.6) is 5.75 Å². The van der Waals surface area contributed by atoms with E-state index in [1.165, 1.54) is 24.9 Å². The lowest BCUT2D eigenvalue weighted by Crippen LogP contribution is -2.34. The molecule has 0 saturated carbocycles. The summed E-state index contributed by atoms with van der Waals surface area (Å²) in [6.45, 7) is 3.26. The standard InChI is InChI=1S/C14H21BrN2O/c1-17(10-12-4-3-7-16-12)9-11-5-6-14(18-2)13(15)8-11/h5-6,8,12,16H,3-4,7,9-10H2,1-2H3. The number of methoxy groups -OCH3 is 1. The first kappa shape index (κ1) is 13.8. The maximum atomic E-state index is 5.24. The molecule has 1 atom stereocenters. The van der Waals surface area contributed by atoms with Crippen LogP contribution < -0.4 is 10.1 Å². The van der Waals surface area contributed by atoms with Gasteiger partial charge in [0.1, 0.15) is 5.75 Å². The number of rotatable bonds is 5. The second-order valence-electron chi connectivity index (χ2n) is 4.96. The van der Waals surface area contributed by atoms with Gasteiger partial charge in [-0.3, -0.25) is 0 Å². The summed E-state index contributed by atoms with van der Waals surface area (Å²) >= 11 is 3.53. The van der Waals surface area contributed by atoms with Crippen LogP contribution in [0.3, 0.4) is 0 Å². The van der Waals surface area contributed by atoms with Gasteiger partial charge in [-0.25, -0.2) is 0 Å². The van der Waals surface area contributed by atoms with Crippen molar-refractivity contribution in [2.24, 2.45) is 0 Å². The lowest BCUT2D eigenvalue weighted by molar-refractivity contribution is 0.293. The van der Waals surface area contributed by atoms with E-state index >= 15 is 0 Å². The van der Waals surface area contributed by atoms with Crippen LogP contribution in [0.4, 0.5) is 0 Å². The minimum atomic E-state index is 0.664. The van der Waals surface area contributed by atoms with E-state index in [0.717, 1.165) is 23.3 Å². The molecule has 0 aliphatic carbocycles. The van der Waals surface area contributed by atoms with Crippen molar-refractivity contribution in [2.45, 2.75) is 25.4 Å². The van der Waals surface area contributed by atoms with Crippen LogP contribution in [0.25, 0.3) is 0 Å². The van der Waals surface area contributed by atoms with Crippen molar-refractivity contribution < 1.29 is 4.74 Å². The number of hydrogen-bond donors (Lipinski definition) is 1. The average molecular weight is 313 g/mol. The Kier molecular flexibility index (Phi) is 5.03. The van der Waals surface area contributed by atoms with Gasteiger partial charge < -0.3 is 15.0 Å². The first-order chi connectivity index (χ1) is 8.69. The van der Waals surface area contributed by atoms with Gasteiger partial charge in [-0.15, -0.1) is 0 Å². The number of nitrogens with one attached hydrogen (secondary N) is 1. The highest BCUT2D eigenvalue weighted by Gasteiger charge is 2.16. The largest absolute Gasteiger partial charge is 0.496 e. The Bertz CT molecular complexity index is 391. The van der Waals surface area contributed by atoms with Gasteiger partial charge in [0.15, 0.2) is 0 Å². The van der Waals surface area contributed by atoms with Crippen molar-refractivity contribution in [1.82, 2.24) is 10.2 Å². The van der Waals surface area contributed by atoms with Gasteiger partial charge in [0, 0.05) is 19.1 Å². The second kappa shape index (κ2) is 6.55. The summed E-state index contributed by atoms with van der Waals surface area (Å²) in [4.78, 5) is 2.37. The first-order valence-electron chi connectivity index (χ1n) is 6.43. The van der Waals surface area contributed by atoms with Gasteiger partial charge in [0.2, 0.25) is 0 Å². The van der Waals surface area contributed by atoms with Crippen LogP contribution in [-0.4, -0.2) is 38.2 Å². The molecule has 0 radical (unpaired) electrons. The smallest absolute Gasteiger partial charge is 0.133 e. The van der Waals surface area contributed by atoms with Crippen LogP contribution in [0.15, 0.2) is 22.7 Å². The van der Waals surface area contributed by atoms with E-state index in [1.807, 2.05) is 6.07 Å². The van der Waals surface area contributed by atoms with Crippen molar-refractivity contribution in [3.05, 3.63) is 28.2 Å². The summed E-state index contributed by atoms with van der Waals surface area (Å²) in [6.07, 6.45) is 2.61. The number of nitrogens with zero attached hydrogens (tertiary/aromatic N) is 1. The lowest BCUT2D eigenvalue weighted by atomic mass is 10.2. The van der Waals surface area contributed by atoms with Crippen molar-refractivity contribution in [2.75, 3.05) is 27.2 Å². The highest BCUT2D eigenvalue weighted by Crippen LogP contribution is 2.26. The molecule has 1 heterocycles. The van der Waals surface area contributed by atoms with Gasteiger partial charge in [-0.2, -0.15) is 0 Å². The van der Waals surface area contributed by atoms with Crippen molar-refractivity contribution >= 4 is 15.9 Å². The molecule has 0 aromatic heterocycles. The monoisotopic (exact) mass is 312 g/mol. The topological polar surface area (TPSA) is 24.5 Å². The average Bonchev–Trinajstić information content (AvgIpc) is 2.82. The zero-order valence-electron chi connectivity index (χ0n) is 11.1. The Morgan fingerprint density at radius 1 is 1.50 bits per heavy atom. The molecule has 1 aromatic rings. The zero-order valence-corrected chi connectivity index (χ0v) is 12.7. The molecule has 3 nitrogen and oxygen atoms in total. The molecule has 1 unspecified atom stereocenters. The Morgan fingerprint density at radius 3 is 2.94 bits per heavy atom. The van der Waals surface area contributed by atoms with E-state index in [2.05, 4.69) is 45.3 Å². The van der Waals surface area contributed by atoms with E-state index in [4.69, 9.17) is 4.74 Å². The summed E-state index contributed by atoms with van der Waals surface area (Å²) in [7, 11) is 3.87. The number of hydrogen-bond acceptors (Lipinski definition) is 3. The maximum Gasteiger partial charge on any atom is 0.133 e. The zero-order chi connectivity index (χ0) is 13.0. The van der Waals surface area contributed by atoms with Crippen LogP contribution in [0.1, 0.15) is 18.4 Å².